The fraction of sp³-hybridized carbons (Fsp3) is 0.500. The molecule has 1 saturated heterocycles. The smallest absolute Gasteiger partial charge is 0.300 e. The number of rotatable bonds is 4. The van der Waals surface area contributed by atoms with Gasteiger partial charge in [0.1, 0.15) is 16.9 Å². The number of amides is 1. The number of hydrogen-bond acceptors (Lipinski definition) is 5. The van der Waals surface area contributed by atoms with E-state index in [-0.39, 0.29) is 16.4 Å². The lowest BCUT2D eigenvalue weighted by Gasteiger charge is -2.23. The maximum Gasteiger partial charge on any atom is 0.300 e. The van der Waals surface area contributed by atoms with Crippen molar-refractivity contribution in [1.82, 2.24) is 10.3 Å². The van der Waals surface area contributed by atoms with Gasteiger partial charge in [-0.05, 0) is 25.8 Å². The van der Waals surface area contributed by atoms with Crippen LogP contribution in [0.25, 0.3) is 0 Å². The maximum absolute atomic E-state index is 12.1. The van der Waals surface area contributed by atoms with Crippen molar-refractivity contribution < 1.29 is 14.5 Å². The molecule has 1 unspecified atom stereocenters. The number of carbonyl (C=O) groups excluding carboxylic acids is 1. The van der Waals surface area contributed by atoms with Gasteiger partial charge in [-0.2, -0.15) is 0 Å². The minimum atomic E-state index is -0.661. The summed E-state index contributed by atoms with van der Waals surface area (Å²) in [5.74, 6) is -0.558. The van der Waals surface area contributed by atoms with E-state index in [2.05, 4.69) is 10.3 Å². The molecule has 1 aliphatic heterocycles. The molecule has 1 aliphatic rings. The quantitative estimate of drug-likeness (QED) is 0.521. The standard InChI is InChI=1S/C12H14ClN3O4/c1-12(3-2-4-20-12)7-15-11(17)8-5-10(13)14-6-9(8)16(18)19/h5-6H,2-4,7H2,1H3,(H,15,17). The Kier molecular flexibility index (Phi) is 4.20. The molecule has 1 amide bonds. The fourth-order valence-corrected chi connectivity index (χ4v) is 2.25. The number of nitro groups is 1. The van der Waals surface area contributed by atoms with Crippen molar-refractivity contribution in [3.8, 4) is 0 Å². The lowest BCUT2D eigenvalue weighted by Crippen LogP contribution is -2.40. The summed E-state index contributed by atoms with van der Waals surface area (Å²) in [6, 6.07) is 1.19. The molecule has 0 spiro atoms. The summed E-state index contributed by atoms with van der Waals surface area (Å²) < 4.78 is 5.54. The summed E-state index contributed by atoms with van der Waals surface area (Å²) in [7, 11) is 0. The van der Waals surface area contributed by atoms with E-state index in [4.69, 9.17) is 16.3 Å². The Hall–Kier alpha value is -1.73. The highest BCUT2D eigenvalue weighted by molar-refractivity contribution is 6.29. The highest BCUT2D eigenvalue weighted by Crippen LogP contribution is 2.25. The molecule has 20 heavy (non-hydrogen) atoms. The van der Waals surface area contributed by atoms with Gasteiger partial charge in [-0.3, -0.25) is 14.9 Å². The third-order valence-corrected chi connectivity index (χ3v) is 3.42. The van der Waals surface area contributed by atoms with Gasteiger partial charge < -0.3 is 10.1 Å². The van der Waals surface area contributed by atoms with Crippen LogP contribution >= 0.6 is 11.6 Å². The maximum atomic E-state index is 12.1. The summed E-state index contributed by atoms with van der Waals surface area (Å²) in [6.07, 6.45) is 2.76. The predicted molar refractivity (Wildman–Crippen MR) is 71.8 cm³/mol. The first-order valence-electron chi connectivity index (χ1n) is 6.13. The van der Waals surface area contributed by atoms with Gasteiger partial charge in [-0.25, -0.2) is 4.98 Å². The molecule has 2 rings (SSSR count). The van der Waals surface area contributed by atoms with Crippen LogP contribution in [0.5, 0.6) is 0 Å². The van der Waals surface area contributed by atoms with E-state index in [1.54, 1.807) is 0 Å². The number of hydrogen-bond donors (Lipinski definition) is 1. The third-order valence-electron chi connectivity index (χ3n) is 3.21. The summed E-state index contributed by atoms with van der Waals surface area (Å²) in [5.41, 5.74) is -0.887. The van der Waals surface area contributed by atoms with Crippen molar-refractivity contribution >= 4 is 23.2 Å². The zero-order chi connectivity index (χ0) is 14.8. The zero-order valence-corrected chi connectivity index (χ0v) is 11.6. The molecule has 1 atom stereocenters. The van der Waals surface area contributed by atoms with Crippen molar-refractivity contribution in [3.63, 3.8) is 0 Å². The van der Waals surface area contributed by atoms with E-state index < -0.39 is 16.4 Å². The number of carbonyl (C=O) groups is 1. The second-order valence-electron chi connectivity index (χ2n) is 4.87. The molecule has 1 aromatic rings. The van der Waals surface area contributed by atoms with Crippen LogP contribution in [-0.4, -0.2) is 34.6 Å². The van der Waals surface area contributed by atoms with E-state index in [0.29, 0.717) is 13.2 Å². The number of halogens is 1. The van der Waals surface area contributed by atoms with Crippen LogP contribution in [0.2, 0.25) is 5.15 Å². The van der Waals surface area contributed by atoms with Gasteiger partial charge in [0.15, 0.2) is 0 Å². The first-order valence-corrected chi connectivity index (χ1v) is 6.51. The van der Waals surface area contributed by atoms with Gasteiger partial charge in [0.25, 0.3) is 11.6 Å². The minimum Gasteiger partial charge on any atom is -0.373 e. The van der Waals surface area contributed by atoms with Crippen LogP contribution in [0.4, 0.5) is 5.69 Å². The van der Waals surface area contributed by atoms with Crippen molar-refractivity contribution in [1.29, 1.82) is 0 Å². The normalized spacial score (nSPS) is 21.7. The average Bonchev–Trinajstić information content (AvgIpc) is 2.83. The highest BCUT2D eigenvalue weighted by Gasteiger charge is 2.31. The van der Waals surface area contributed by atoms with Crippen LogP contribution in [-0.2, 0) is 4.74 Å². The van der Waals surface area contributed by atoms with E-state index in [0.717, 1.165) is 19.0 Å². The van der Waals surface area contributed by atoms with Crippen LogP contribution in [0.3, 0.4) is 0 Å². The Labute approximate surface area is 120 Å². The Balaban J connectivity index is 2.12. The molecule has 1 aromatic heterocycles. The monoisotopic (exact) mass is 299 g/mol. The molecule has 8 heteroatoms. The van der Waals surface area contributed by atoms with Crippen molar-refractivity contribution in [2.75, 3.05) is 13.2 Å². The van der Waals surface area contributed by atoms with E-state index in [1.165, 1.54) is 6.07 Å². The first kappa shape index (κ1) is 14.7. The molecule has 0 aromatic carbocycles. The Morgan fingerprint density at radius 1 is 1.70 bits per heavy atom. The van der Waals surface area contributed by atoms with Gasteiger partial charge in [0, 0.05) is 13.2 Å². The molecule has 0 radical (unpaired) electrons. The SMILES string of the molecule is CC1(CNC(=O)c2cc(Cl)ncc2[N+](=O)[O-])CCCO1. The van der Waals surface area contributed by atoms with E-state index in [9.17, 15) is 14.9 Å². The van der Waals surface area contributed by atoms with Gasteiger partial charge in [0.05, 0.1) is 10.5 Å². The Morgan fingerprint density at radius 3 is 3.05 bits per heavy atom. The Bertz CT molecular complexity index is 544. The topological polar surface area (TPSA) is 94.4 Å². The molecule has 2 heterocycles. The molecule has 0 saturated carbocycles. The third kappa shape index (κ3) is 3.23. The molecule has 1 N–H and O–H groups in total. The number of ether oxygens (including phenoxy) is 1. The fourth-order valence-electron chi connectivity index (χ4n) is 2.09. The number of nitrogens with one attached hydrogen (secondary N) is 1. The summed E-state index contributed by atoms with van der Waals surface area (Å²) >= 11 is 5.68. The second kappa shape index (κ2) is 5.72. The second-order valence-corrected chi connectivity index (χ2v) is 5.25. The molecular formula is C12H14ClN3O4. The van der Waals surface area contributed by atoms with E-state index >= 15 is 0 Å². The van der Waals surface area contributed by atoms with Crippen LogP contribution in [0, 0.1) is 10.1 Å². The van der Waals surface area contributed by atoms with Crippen LogP contribution in [0.15, 0.2) is 12.3 Å². The molecule has 0 bridgehead atoms. The van der Waals surface area contributed by atoms with Gasteiger partial charge in [-0.15, -0.1) is 0 Å². The van der Waals surface area contributed by atoms with Crippen molar-refractivity contribution in [3.05, 3.63) is 33.1 Å². The van der Waals surface area contributed by atoms with Crippen molar-refractivity contribution in [2.24, 2.45) is 0 Å². The van der Waals surface area contributed by atoms with Crippen molar-refractivity contribution in [2.45, 2.75) is 25.4 Å². The van der Waals surface area contributed by atoms with Gasteiger partial charge in [-0.1, -0.05) is 11.6 Å². The number of pyridine rings is 1. The zero-order valence-electron chi connectivity index (χ0n) is 10.9. The van der Waals surface area contributed by atoms with Gasteiger partial charge in [0.2, 0.25) is 0 Å². The van der Waals surface area contributed by atoms with Gasteiger partial charge >= 0.3 is 0 Å². The average molecular weight is 300 g/mol. The lowest BCUT2D eigenvalue weighted by atomic mass is 10.0. The minimum absolute atomic E-state index is 0.0316. The predicted octanol–water partition coefficient (Wildman–Crippen LogP) is 1.94. The largest absolute Gasteiger partial charge is 0.373 e. The van der Waals surface area contributed by atoms with E-state index in [1.807, 2.05) is 6.92 Å². The molecular weight excluding hydrogens is 286 g/mol. The number of aromatic nitrogens is 1. The van der Waals surface area contributed by atoms with Crippen LogP contribution < -0.4 is 5.32 Å². The Morgan fingerprint density at radius 2 is 2.45 bits per heavy atom. The lowest BCUT2D eigenvalue weighted by molar-refractivity contribution is -0.385. The summed E-state index contributed by atoms with van der Waals surface area (Å²) in [5, 5.41) is 13.6. The van der Waals surface area contributed by atoms with Crippen LogP contribution in [0.1, 0.15) is 30.1 Å². The molecule has 108 valence electrons. The highest BCUT2D eigenvalue weighted by atomic mass is 35.5. The molecule has 7 nitrogen and oxygen atoms in total. The molecule has 0 aliphatic carbocycles. The first-order chi connectivity index (χ1) is 9.41. The summed E-state index contributed by atoms with van der Waals surface area (Å²) in [4.78, 5) is 25.9. The summed E-state index contributed by atoms with van der Waals surface area (Å²) in [6.45, 7) is 2.85. The molecule has 1 fully saturated rings. The number of nitrogens with zero attached hydrogens (tertiary/aromatic N) is 2.